The van der Waals surface area contributed by atoms with Gasteiger partial charge in [0.1, 0.15) is 5.69 Å². The molecule has 4 aromatic rings. The number of aryl methyl sites for hydroxylation is 2. The van der Waals surface area contributed by atoms with Crippen LogP contribution >= 0.6 is 11.6 Å². The minimum atomic E-state index is -4.02. The van der Waals surface area contributed by atoms with Crippen LogP contribution in [0.4, 0.5) is 0 Å². The third-order valence-electron chi connectivity index (χ3n) is 5.14. The molecular weight excluding hydrogens is 450 g/mol. The molecule has 0 fully saturated rings. The van der Waals surface area contributed by atoms with E-state index in [9.17, 15) is 18.3 Å². The second-order valence-corrected chi connectivity index (χ2v) is 9.57. The molecule has 0 aliphatic heterocycles. The molecule has 32 heavy (non-hydrogen) atoms. The zero-order valence-electron chi connectivity index (χ0n) is 17.2. The second kappa shape index (κ2) is 8.22. The lowest BCUT2D eigenvalue weighted by Crippen LogP contribution is -2.07. The van der Waals surface area contributed by atoms with Gasteiger partial charge in [-0.1, -0.05) is 41.1 Å². The smallest absolute Gasteiger partial charge is 0.335 e. The summed E-state index contributed by atoms with van der Waals surface area (Å²) in [5.74, 6) is -1.11. The molecule has 0 atom stereocenters. The van der Waals surface area contributed by atoms with Crippen LogP contribution in [0.5, 0.6) is 0 Å². The van der Waals surface area contributed by atoms with Crippen LogP contribution in [-0.2, 0) is 9.84 Å². The van der Waals surface area contributed by atoms with E-state index in [4.69, 9.17) is 11.6 Å². The van der Waals surface area contributed by atoms with E-state index in [1.54, 1.807) is 48.5 Å². The van der Waals surface area contributed by atoms with Gasteiger partial charge >= 0.3 is 5.97 Å². The maximum atomic E-state index is 13.5. The highest BCUT2D eigenvalue weighted by molar-refractivity contribution is 7.91. The number of benzene rings is 3. The van der Waals surface area contributed by atoms with E-state index in [2.05, 4.69) is 10.3 Å². The second-order valence-electron chi connectivity index (χ2n) is 7.27. The van der Waals surface area contributed by atoms with Crippen LogP contribution in [-0.4, -0.2) is 34.5 Å². The average molecular weight is 468 g/mol. The van der Waals surface area contributed by atoms with Crippen molar-refractivity contribution in [2.45, 2.75) is 23.8 Å². The van der Waals surface area contributed by atoms with Crippen molar-refractivity contribution < 1.29 is 18.3 Å². The number of carbonyl (C=O) groups is 1. The molecule has 0 aliphatic carbocycles. The van der Waals surface area contributed by atoms with Crippen molar-refractivity contribution in [3.63, 3.8) is 0 Å². The summed E-state index contributed by atoms with van der Waals surface area (Å²) in [5, 5.41) is 17.7. The predicted octanol–water partition coefficient (Wildman–Crippen LogP) is 4.74. The van der Waals surface area contributed by atoms with Gasteiger partial charge < -0.3 is 5.11 Å². The number of carboxylic acids is 1. The standard InChI is InChI=1S/C23H18ClN3O4S/c1-14-6-11-20(12-15(14)2)32(30,31)22-21(16-7-9-18(24)10-8-16)27(26-25-22)19-5-3-4-17(13-19)23(28)29/h3-13H,1-2H3,(H,28,29). The first kappa shape index (κ1) is 21.7. The molecule has 0 amide bonds. The maximum Gasteiger partial charge on any atom is 0.335 e. The van der Waals surface area contributed by atoms with E-state index in [-0.39, 0.29) is 21.2 Å². The number of aromatic carboxylic acids is 1. The summed E-state index contributed by atoms with van der Waals surface area (Å²) in [6, 6.07) is 17.5. The summed E-state index contributed by atoms with van der Waals surface area (Å²) in [4.78, 5) is 11.5. The predicted molar refractivity (Wildman–Crippen MR) is 120 cm³/mol. The minimum absolute atomic E-state index is 0.0404. The fraction of sp³-hybridized carbons (Fsp3) is 0.0870. The van der Waals surface area contributed by atoms with Gasteiger partial charge in [-0.05, 0) is 67.4 Å². The molecule has 1 heterocycles. The number of aromatic nitrogens is 3. The molecule has 162 valence electrons. The summed E-state index contributed by atoms with van der Waals surface area (Å²) >= 11 is 6.02. The Hall–Kier alpha value is -3.49. The number of hydrogen-bond donors (Lipinski definition) is 1. The van der Waals surface area contributed by atoms with Crippen molar-refractivity contribution in [1.29, 1.82) is 0 Å². The molecule has 7 nitrogen and oxygen atoms in total. The Morgan fingerprint density at radius 1 is 0.969 bits per heavy atom. The third-order valence-corrected chi connectivity index (χ3v) is 7.05. The summed E-state index contributed by atoms with van der Waals surface area (Å²) < 4.78 is 28.4. The lowest BCUT2D eigenvalue weighted by molar-refractivity contribution is 0.0697. The van der Waals surface area contributed by atoms with Crippen LogP contribution in [0.1, 0.15) is 21.5 Å². The van der Waals surface area contributed by atoms with Crippen molar-refractivity contribution in [2.75, 3.05) is 0 Å². The van der Waals surface area contributed by atoms with E-state index in [1.807, 2.05) is 13.8 Å². The molecule has 0 bridgehead atoms. The van der Waals surface area contributed by atoms with Gasteiger partial charge in [-0.3, -0.25) is 0 Å². The Bertz CT molecular complexity index is 1440. The molecule has 3 aromatic carbocycles. The first-order chi connectivity index (χ1) is 15.2. The van der Waals surface area contributed by atoms with Crippen LogP contribution in [0.2, 0.25) is 5.02 Å². The Kier molecular flexibility index (Phi) is 5.58. The van der Waals surface area contributed by atoms with Gasteiger partial charge in [0.2, 0.25) is 14.9 Å². The highest BCUT2D eigenvalue weighted by atomic mass is 35.5. The lowest BCUT2D eigenvalue weighted by Gasteiger charge is -2.10. The Morgan fingerprint density at radius 2 is 1.69 bits per heavy atom. The SMILES string of the molecule is Cc1ccc(S(=O)(=O)c2nnn(-c3cccc(C(=O)O)c3)c2-c2ccc(Cl)cc2)cc1C. The lowest BCUT2D eigenvalue weighted by atomic mass is 10.1. The molecule has 0 spiro atoms. The minimum Gasteiger partial charge on any atom is -0.478 e. The normalized spacial score (nSPS) is 11.5. The monoisotopic (exact) mass is 467 g/mol. The van der Waals surface area contributed by atoms with E-state index in [1.165, 1.54) is 22.9 Å². The quantitative estimate of drug-likeness (QED) is 0.455. The van der Waals surface area contributed by atoms with Gasteiger partial charge in [0.15, 0.2) is 0 Å². The van der Waals surface area contributed by atoms with Crippen molar-refractivity contribution in [3.05, 3.63) is 88.4 Å². The number of hydrogen-bond acceptors (Lipinski definition) is 5. The van der Waals surface area contributed by atoms with Crippen LogP contribution in [0.3, 0.4) is 0 Å². The molecule has 0 saturated heterocycles. The topological polar surface area (TPSA) is 102 Å². The van der Waals surface area contributed by atoms with Crippen LogP contribution in [0.25, 0.3) is 16.9 Å². The van der Waals surface area contributed by atoms with Crippen molar-refractivity contribution in [1.82, 2.24) is 15.0 Å². The van der Waals surface area contributed by atoms with Gasteiger partial charge in [0.05, 0.1) is 16.1 Å². The van der Waals surface area contributed by atoms with Gasteiger partial charge in [0, 0.05) is 10.6 Å². The van der Waals surface area contributed by atoms with Gasteiger partial charge in [-0.25, -0.2) is 17.9 Å². The van der Waals surface area contributed by atoms with Crippen LogP contribution in [0.15, 0.2) is 76.7 Å². The number of rotatable bonds is 5. The molecule has 1 N–H and O–H groups in total. The third kappa shape index (κ3) is 3.90. The highest BCUT2D eigenvalue weighted by Crippen LogP contribution is 2.33. The highest BCUT2D eigenvalue weighted by Gasteiger charge is 2.29. The van der Waals surface area contributed by atoms with Crippen molar-refractivity contribution in [2.24, 2.45) is 0 Å². The number of nitrogens with zero attached hydrogens (tertiary/aromatic N) is 3. The molecule has 4 rings (SSSR count). The van der Waals surface area contributed by atoms with Crippen LogP contribution in [0, 0.1) is 13.8 Å². The van der Waals surface area contributed by atoms with Gasteiger partial charge in [-0.2, -0.15) is 0 Å². The summed E-state index contributed by atoms with van der Waals surface area (Å²) in [6.45, 7) is 3.74. The van der Waals surface area contributed by atoms with Gasteiger partial charge in [-0.15, -0.1) is 5.10 Å². The number of sulfone groups is 1. The van der Waals surface area contributed by atoms with E-state index >= 15 is 0 Å². The Morgan fingerprint density at radius 3 is 2.34 bits per heavy atom. The Balaban J connectivity index is 1.98. The van der Waals surface area contributed by atoms with Crippen molar-refractivity contribution in [3.8, 4) is 16.9 Å². The van der Waals surface area contributed by atoms with Crippen molar-refractivity contribution >= 4 is 27.4 Å². The molecule has 0 aliphatic rings. The molecule has 9 heteroatoms. The molecule has 0 radical (unpaired) electrons. The summed E-state index contributed by atoms with van der Waals surface area (Å²) in [7, 11) is -4.02. The first-order valence-electron chi connectivity index (χ1n) is 9.56. The fourth-order valence-corrected chi connectivity index (χ4v) is 4.78. The maximum absolute atomic E-state index is 13.5. The largest absolute Gasteiger partial charge is 0.478 e. The Labute approximate surface area is 189 Å². The van der Waals surface area contributed by atoms with Gasteiger partial charge in [0.25, 0.3) is 0 Å². The van der Waals surface area contributed by atoms with Crippen LogP contribution < -0.4 is 0 Å². The molecule has 0 unspecified atom stereocenters. The van der Waals surface area contributed by atoms with E-state index in [0.717, 1.165) is 11.1 Å². The fourth-order valence-electron chi connectivity index (χ4n) is 3.25. The zero-order chi connectivity index (χ0) is 23.0. The number of halogens is 1. The van der Waals surface area contributed by atoms with E-state index in [0.29, 0.717) is 16.3 Å². The van der Waals surface area contributed by atoms with E-state index < -0.39 is 15.8 Å². The molecule has 0 saturated carbocycles. The average Bonchev–Trinajstić information content (AvgIpc) is 3.22. The molecule has 1 aromatic heterocycles. The number of carboxylic acid groups (broad SMARTS) is 1. The first-order valence-corrected chi connectivity index (χ1v) is 11.4. The molecular formula is C23H18ClN3O4S. The zero-order valence-corrected chi connectivity index (χ0v) is 18.7. The summed E-state index contributed by atoms with van der Waals surface area (Å²) in [6.07, 6.45) is 0. The summed E-state index contributed by atoms with van der Waals surface area (Å²) in [5.41, 5.74) is 2.93.